The summed E-state index contributed by atoms with van der Waals surface area (Å²) in [5.74, 6) is -0.185. The number of hydrogen-bond donors (Lipinski definition) is 0. The van der Waals surface area contributed by atoms with E-state index in [1.807, 2.05) is 6.92 Å². The number of ether oxygens (including phenoxy) is 3. The highest BCUT2D eigenvalue weighted by molar-refractivity contribution is 7.17. The Balaban J connectivity index is 1.73. The van der Waals surface area contributed by atoms with Gasteiger partial charge in [0.2, 0.25) is 5.76 Å². The summed E-state index contributed by atoms with van der Waals surface area (Å²) in [6.07, 6.45) is 1.62. The van der Waals surface area contributed by atoms with Gasteiger partial charge in [0.25, 0.3) is 5.91 Å². The van der Waals surface area contributed by atoms with Crippen LogP contribution in [0.15, 0.2) is 64.3 Å². The molecule has 3 heterocycles. The van der Waals surface area contributed by atoms with Crippen molar-refractivity contribution in [2.24, 2.45) is 0 Å². The molecule has 0 spiro atoms. The minimum Gasteiger partial charge on any atom is -0.490 e. The number of aromatic nitrogens is 1. The summed E-state index contributed by atoms with van der Waals surface area (Å²) < 4.78 is 22.7. The highest BCUT2D eigenvalue weighted by Gasteiger charge is 2.45. The Labute approximate surface area is 228 Å². The molecule has 0 radical (unpaired) electrons. The van der Waals surface area contributed by atoms with Crippen LogP contribution in [0, 0.1) is 6.92 Å². The molecule has 0 saturated carbocycles. The quantitative estimate of drug-likeness (QED) is 0.202. The second-order valence-corrected chi connectivity index (χ2v) is 9.60. The number of carbonyl (C=O) groups excluding carboxylic acids is 2. The Bertz CT molecular complexity index is 1660. The summed E-state index contributed by atoms with van der Waals surface area (Å²) in [6.45, 7) is 9.77. The van der Waals surface area contributed by atoms with Crippen LogP contribution < -0.4 is 19.8 Å². The van der Waals surface area contributed by atoms with E-state index in [1.165, 1.54) is 4.90 Å². The van der Waals surface area contributed by atoms with E-state index in [0.717, 1.165) is 11.3 Å². The van der Waals surface area contributed by atoms with Gasteiger partial charge in [0.05, 0.1) is 35.9 Å². The Morgan fingerprint density at radius 3 is 2.67 bits per heavy atom. The summed E-state index contributed by atoms with van der Waals surface area (Å²) >= 11 is 1.03. The Hall–Kier alpha value is -4.44. The number of para-hydroxylation sites is 1. The molecule has 4 aromatic rings. The van der Waals surface area contributed by atoms with Gasteiger partial charge in [-0.25, -0.2) is 9.78 Å². The number of fused-ring (bicyclic) bond motifs is 2. The molecule has 1 atom stereocenters. The molecule has 0 bridgehead atoms. The van der Waals surface area contributed by atoms with Crippen molar-refractivity contribution in [2.45, 2.75) is 26.8 Å². The van der Waals surface area contributed by atoms with Crippen LogP contribution in [0.3, 0.4) is 0 Å². The van der Waals surface area contributed by atoms with E-state index in [0.29, 0.717) is 40.3 Å². The molecule has 2 aromatic carbocycles. The van der Waals surface area contributed by atoms with E-state index in [2.05, 4.69) is 11.6 Å². The number of benzene rings is 2. The second-order valence-electron chi connectivity index (χ2n) is 8.62. The lowest BCUT2D eigenvalue weighted by Gasteiger charge is -2.23. The van der Waals surface area contributed by atoms with E-state index in [9.17, 15) is 14.4 Å². The van der Waals surface area contributed by atoms with Crippen molar-refractivity contribution in [3.8, 4) is 11.5 Å². The van der Waals surface area contributed by atoms with Crippen molar-refractivity contribution in [2.75, 3.05) is 24.7 Å². The first-order valence-corrected chi connectivity index (χ1v) is 13.2. The minimum absolute atomic E-state index is 0.0702. The van der Waals surface area contributed by atoms with Crippen molar-refractivity contribution >= 4 is 39.3 Å². The first kappa shape index (κ1) is 26.2. The van der Waals surface area contributed by atoms with Crippen molar-refractivity contribution < 1.29 is 28.2 Å². The summed E-state index contributed by atoms with van der Waals surface area (Å²) in [7, 11) is 0. The zero-order valence-corrected chi connectivity index (χ0v) is 22.5. The number of nitrogens with zero attached hydrogens (tertiary/aromatic N) is 2. The molecule has 0 saturated heterocycles. The number of thiazole rings is 1. The third-order valence-electron chi connectivity index (χ3n) is 6.17. The Kier molecular flexibility index (Phi) is 7.21. The zero-order chi connectivity index (χ0) is 27.7. The molecule has 1 aliphatic heterocycles. The molecule has 2 aromatic heterocycles. The van der Waals surface area contributed by atoms with E-state index in [-0.39, 0.29) is 40.0 Å². The molecular formula is C29H26N2O7S. The number of aryl methyl sites for hydroxylation is 1. The molecule has 5 rings (SSSR count). The maximum Gasteiger partial charge on any atom is 0.350 e. The average Bonchev–Trinajstić information content (AvgIpc) is 3.45. The number of hydrogen-bond acceptors (Lipinski definition) is 9. The van der Waals surface area contributed by atoms with E-state index in [4.69, 9.17) is 18.6 Å². The number of anilines is 1. The van der Waals surface area contributed by atoms with Gasteiger partial charge in [-0.3, -0.25) is 14.5 Å². The van der Waals surface area contributed by atoms with E-state index < -0.39 is 17.9 Å². The van der Waals surface area contributed by atoms with Gasteiger partial charge in [-0.2, -0.15) is 0 Å². The van der Waals surface area contributed by atoms with Crippen molar-refractivity contribution in [3.05, 3.63) is 92.8 Å². The van der Waals surface area contributed by atoms with Gasteiger partial charge in [-0.15, -0.1) is 0 Å². The predicted octanol–water partition coefficient (Wildman–Crippen LogP) is 5.45. The number of carbonyl (C=O) groups is 2. The molecule has 10 heteroatoms. The maximum atomic E-state index is 13.9. The van der Waals surface area contributed by atoms with Gasteiger partial charge in [-0.1, -0.05) is 42.2 Å². The second kappa shape index (κ2) is 10.7. The molecular weight excluding hydrogens is 520 g/mol. The van der Waals surface area contributed by atoms with Crippen LogP contribution in [0.25, 0.3) is 11.0 Å². The minimum atomic E-state index is -0.887. The maximum absolute atomic E-state index is 13.9. The highest BCUT2D eigenvalue weighted by Crippen LogP contribution is 2.45. The van der Waals surface area contributed by atoms with Crippen LogP contribution in [0.5, 0.6) is 11.5 Å². The zero-order valence-electron chi connectivity index (χ0n) is 21.7. The van der Waals surface area contributed by atoms with E-state index >= 15 is 0 Å². The number of amides is 1. The van der Waals surface area contributed by atoms with Crippen molar-refractivity contribution in [1.29, 1.82) is 0 Å². The van der Waals surface area contributed by atoms with Crippen LogP contribution in [0.4, 0.5) is 5.13 Å². The molecule has 200 valence electrons. The van der Waals surface area contributed by atoms with Crippen LogP contribution in [-0.4, -0.2) is 36.7 Å². The standard InChI is InChI=1S/C29H26N2O7S/c1-5-14-37-20-13-12-17(15-21(20)35-6-2)23-22-24(32)18-10-8-9-11-19(18)38-25(22)27(33)31(23)29-30-16(4)26(39-29)28(34)36-7-3/h5,8-13,15,23H,1,6-7,14H2,2-4H3/t23-/m0/s1. The lowest BCUT2D eigenvalue weighted by Crippen LogP contribution is -2.29. The number of esters is 1. The lowest BCUT2D eigenvalue weighted by molar-refractivity contribution is 0.0531. The third-order valence-corrected chi connectivity index (χ3v) is 7.31. The van der Waals surface area contributed by atoms with Gasteiger partial charge in [0, 0.05) is 0 Å². The summed E-state index contributed by atoms with van der Waals surface area (Å²) in [5, 5.41) is 0.597. The van der Waals surface area contributed by atoms with Crippen LogP contribution in [-0.2, 0) is 4.74 Å². The predicted molar refractivity (Wildman–Crippen MR) is 147 cm³/mol. The number of rotatable bonds is 9. The molecule has 0 fully saturated rings. The molecule has 0 aliphatic carbocycles. The van der Waals surface area contributed by atoms with Crippen molar-refractivity contribution in [3.63, 3.8) is 0 Å². The van der Waals surface area contributed by atoms with Crippen molar-refractivity contribution in [1.82, 2.24) is 4.98 Å². The lowest BCUT2D eigenvalue weighted by atomic mass is 9.98. The highest BCUT2D eigenvalue weighted by atomic mass is 32.1. The topological polar surface area (TPSA) is 108 Å². The molecule has 1 amide bonds. The fraction of sp³-hybridized carbons (Fsp3) is 0.241. The van der Waals surface area contributed by atoms with Gasteiger partial charge in [0.15, 0.2) is 22.1 Å². The summed E-state index contributed by atoms with van der Waals surface area (Å²) in [4.78, 5) is 46.4. The van der Waals surface area contributed by atoms with Crippen LogP contribution >= 0.6 is 11.3 Å². The van der Waals surface area contributed by atoms with E-state index in [1.54, 1.807) is 62.4 Å². The van der Waals surface area contributed by atoms with Gasteiger partial charge < -0.3 is 18.6 Å². The first-order chi connectivity index (χ1) is 18.9. The van der Waals surface area contributed by atoms with Crippen LogP contribution in [0.1, 0.15) is 56.9 Å². The molecule has 0 unspecified atom stereocenters. The first-order valence-electron chi connectivity index (χ1n) is 12.4. The molecule has 0 N–H and O–H groups in total. The normalized spacial score (nSPS) is 14.4. The molecule has 39 heavy (non-hydrogen) atoms. The fourth-order valence-electron chi connectivity index (χ4n) is 4.53. The third kappa shape index (κ3) is 4.57. The van der Waals surface area contributed by atoms with Crippen LogP contribution in [0.2, 0.25) is 0 Å². The largest absolute Gasteiger partial charge is 0.490 e. The summed E-state index contributed by atoms with van der Waals surface area (Å²) in [5.41, 5.74) is 1.18. The van der Waals surface area contributed by atoms with Gasteiger partial charge in [0.1, 0.15) is 17.1 Å². The average molecular weight is 547 g/mol. The summed E-state index contributed by atoms with van der Waals surface area (Å²) in [6, 6.07) is 11.1. The molecule has 9 nitrogen and oxygen atoms in total. The van der Waals surface area contributed by atoms with Gasteiger partial charge in [-0.05, 0) is 50.6 Å². The molecule has 1 aliphatic rings. The Morgan fingerprint density at radius 1 is 1.13 bits per heavy atom. The monoisotopic (exact) mass is 546 g/mol. The fourth-order valence-corrected chi connectivity index (χ4v) is 5.52. The SMILES string of the molecule is C=CCOc1ccc([C@H]2c3c(oc4ccccc4c3=O)C(=O)N2c2nc(C)c(C(=O)OCC)s2)cc1OCC. The smallest absolute Gasteiger partial charge is 0.350 e. The Morgan fingerprint density at radius 2 is 1.92 bits per heavy atom. The van der Waals surface area contributed by atoms with Gasteiger partial charge >= 0.3 is 5.97 Å².